The number of piperidine rings is 1. The molecule has 8 nitrogen and oxygen atoms in total. The zero-order chi connectivity index (χ0) is 23.7. The molecular formula is C24H26F2N8. The maximum absolute atomic E-state index is 13.0. The summed E-state index contributed by atoms with van der Waals surface area (Å²) in [7, 11) is 0. The van der Waals surface area contributed by atoms with Gasteiger partial charge in [0.25, 0.3) is 0 Å². The van der Waals surface area contributed by atoms with Crippen LogP contribution in [0, 0.1) is 0 Å². The Labute approximate surface area is 196 Å². The first-order valence-electron chi connectivity index (χ1n) is 11.5. The van der Waals surface area contributed by atoms with Crippen LogP contribution in [0.15, 0.2) is 43.1 Å². The Bertz CT molecular complexity index is 1300. The van der Waals surface area contributed by atoms with Gasteiger partial charge < -0.3 is 10.2 Å². The van der Waals surface area contributed by atoms with Crippen molar-refractivity contribution in [2.45, 2.75) is 45.6 Å². The Morgan fingerprint density at radius 2 is 1.76 bits per heavy atom. The topological polar surface area (TPSA) is 84.7 Å². The van der Waals surface area contributed by atoms with E-state index in [0.717, 1.165) is 48.2 Å². The largest absolute Gasteiger partial charge is 0.341 e. The first-order valence-corrected chi connectivity index (χ1v) is 11.5. The summed E-state index contributed by atoms with van der Waals surface area (Å²) in [5.41, 5.74) is 2.13. The number of pyridine rings is 2. The smallest absolute Gasteiger partial charge is 0.333 e. The number of hydrogen-bond acceptors (Lipinski definition) is 7. The highest BCUT2D eigenvalue weighted by Crippen LogP contribution is 2.33. The van der Waals surface area contributed by atoms with Crippen LogP contribution >= 0.6 is 0 Å². The molecule has 1 N–H and O–H groups in total. The number of alkyl halides is 2. The van der Waals surface area contributed by atoms with E-state index in [2.05, 4.69) is 49.1 Å². The van der Waals surface area contributed by atoms with Crippen molar-refractivity contribution in [2.75, 3.05) is 23.3 Å². The fourth-order valence-corrected chi connectivity index (χ4v) is 4.28. The number of fused-ring (bicyclic) bond motifs is 1. The van der Waals surface area contributed by atoms with Crippen LogP contribution in [0.2, 0.25) is 0 Å². The van der Waals surface area contributed by atoms with Gasteiger partial charge in [0.15, 0.2) is 0 Å². The minimum Gasteiger partial charge on any atom is -0.341 e. The van der Waals surface area contributed by atoms with Gasteiger partial charge in [0.05, 0.1) is 11.9 Å². The van der Waals surface area contributed by atoms with Crippen LogP contribution < -0.4 is 10.2 Å². The number of nitrogens with zero attached hydrogens (tertiary/aromatic N) is 7. The van der Waals surface area contributed by atoms with Crippen LogP contribution in [-0.4, -0.2) is 42.8 Å². The van der Waals surface area contributed by atoms with Gasteiger partial charge in [-0.1, -0.05) is 13.8 Å². The van der Waals surface area contributed by atoms with E-state index in [1.54, 1.807) is 18.6 Å². The molecule has 0 aromatic carbocycles. The van der Waals surface area contributed by atoms with Crippen molar-refractivity contribution in [2.24, 2.45) is 0 Å². The molecule has 34 heavy (non-hydrogen) atoms. The van der Waals surface area contributed by atoms with E-state index in [1.165, 1.54) is 18.8 Å². The molecule has 5 rings (SSSR count). The fourth-order valence-electron chi connectivity index (χ4n) is 4.28. The summed E-state index contributed by atoms with van der Waals surface area (Å²) in [6, 6.07) is 3.77. The average molecular weight is 465 g/mol. The lowest BCUT2D eigenvalue weighted by Crippen LogP contribution is -2.31. The number of rotatable bonds is 6. The Morgan fingerprint density at radius 1 is 0.941 bits per heavy atom. The molecule has 1 saturated heterocycles. The van der Waals surface area contributed by atoms with Gasteiger partial charge in [-0.3, -0.25) is 4.98 Å². The summed E-state index contributed by atoms with van der Waals surface area (Å²) in [5, 5.41) is 8.78. The Morgan fingerprint density at radius 3 is 2.50 bits per heavy atom. The summed E-state index contributed by atoms with van der Waals surface area (Å²) in [4.78, 5) is 20.5. The van der Waals surface area contributed by atoms with E-state index in [9.17, 15) is 8.78 Å². The van der Waals surface area contributed by atoms with E-state index in [-0.39, 0.29) is 5.92 Å². The van der Waals surface area contributed by atoms with Crippen molar-refractivity contribution >= 4 is 28.4 Å². The highest BCUT2D eigenvalue weighted by atomic mass is 19.3. The normalized spacial score (nSPS) is 14.4. The Kier molecular flexibility index (Phi) is 6.04. The summed E-state index contributed by atoms with van der Waals surface area (Å²) < 4.78 is 26.7. The van der Waals surface area contributed by atoms with Crippen LogP contribution in [0.1, 0.15) is 51.1 Å². The maximum Gasteiger partial charge on any atom is 0.333 e. The second kappa shape index (κ2) is 9.28. The molecule has 5 heterocycles. The molecule has 0 unspecified atom stereocenters. The molecule has 1 fully saturated rings. The minimum absolute atomic E-state index is 0.216. The second-order valence-electron chi connectivity index (χ2n) is 8.73. The average Bonchev–Trinajstić information content (AvgIpc) is 3.34. The molecule has 0 aliphatic carbocycles. The molecule has 0 atom stereocenters. The molecule has 0 spiro atoms. The number of nitrogens with one attached hydrogen (secondary N) is 1. The minimum atomic E-state index is -2.70. The van der Waals surface area contributed by atoms with Gasteiger partial charge in [-0.2, -0.15) is 18.9 Å². The van der Waals surface area contributed by atoms with E-state index in [1.807, 2.05) is 12.1 Å². The van der Waals surface area contributed by atoms with Crippen LogP contribution in [-0.2, 0) is 0 Å². The van der Waals surface area contributed by atoms with Crippen LogP contribution in [0.5, 0.6) is 0 Å². The number of hydrogen-bond donors (Lipinski definition) is 1. The molecule has 0 saturated carbocycles. The lowest BCUT2D eigenvalue weighted by molar-refractivity contribution is 0.0566. The SMILES string of the molecule is CC(C)c1cnc(-c2cnn(C(F)F)c2)c2cnc(Nc3ccnc(N4CCCCC4)n3)cc12. The maximum atomic E-state index is 13.0. The molecule has 0 bridgehead atoms. The monoisotopic (exact) mass is 464 g/mol. The van der Waals surface area contributed by atoms with Gasteiger partial charge in [0, 0.05) is 48.8 Å². The predicted octanol–water partition coefficient (Wildman–Crippen LogP) is 5.54. The van der Waals surface area contributed by atoms with Gasteiger partial charge in [-0.25, -0.2) is 14.6 Å². The highest BCUT2D eigenvalue weighted by molar-refractivity contribution is 5.97. The van der Waals surface area contributed by atoms with Gasteiger partial charge in [-0.15, -0.1) is 0 Å². The van der Waals surface area contributed by atoms with Crippen molar-refractivity contribution in [3.63, 3.8) is 0 Å². The molecular weight excluding hydrogens is 438 g/mol. The van der Waals surface area contributed by atoms with Gasteiger partial charge in [0.1, 0.15) is 11.6 Å². The van der Waals surface area contributed by atoms with E-state index >= 15 is 0 Å². The molecule has 4 aromatic rings. The van der Waals surface area contributed by atoms with Crippen molar-refractivity contribution in [3.05, 3.63) is 48.7 Å². The van der Waals surface area contributed by atoms with Gasteiger partial charge >= 0.3 is 6.55 Å². The van der Waals surface area contributed by atoms with Crippen molar-refractivity contribution in [3.8, 4) is 11.3 Å². The predicted molar refractivity (Wildman–Crippen MR) is 127 cm³/mol. The van der Waals surface area contributed by atoms with Crippen molar-refractivity contribution < 1.29 is 8.78 Å². The summed E-state index contributed by atoms with van der Waals surface area (Å²) >= 11 is 0. The van der Waals surface area contributed by atoms with Crippen LogP contribution in [0.25, 0.3) is 22.0 Å². The molecule has 0 radical (unpaired) electrons. The molecule has 0 amide bonds. The number of anilines is 3. The Hall–Kier alpha value is -3.69. The summed E-state index contributed by atoms with van der Waals surface area (Å²) in [6.45, 7) is 3.41. The third-order valence-corrected chi connectivity index (χ3v) is 6.04. The van der Waals surface area contributed by atoms with Crippen molar-refractivity contribution in [1.29, 1.82) is 0 Å². The third kappa shape index (κ3) is 4.40. The van der Waals surface area contributed by atoms with Gasteiger partial charge in [-0.05, 0) is 48.3 Å². The quantitative estimate of drug-likeness (QED) is 0.401. The Balaban J connectivity index is 1.50. The lowest BCUT2D eigenvalue weighted by Gasteiger charge is -2.26. The molecule has 10 heteroatoms. The second-order valence-corrected chi connectivity index (χ2v) is 8.73. The van der Waals surface area contributed by atoms with Gasteiger partial charge in [0.2, 0.25) is 5.95 Å². The van der Waals surface area contributed by atoms with E-state index in [0.29, 0.717) is 27.6 Å². The fraction of sp³-hybridized carbons (Fsp3) is 0.375. The van der Waals surface area contributed by atoms with E-state index < -0.39 is 6.55 Å². The third-order valence-electron chi connectivity index (χ3n) is 6.04. The zero-order valence-electron chi connectivity index (χ0n) is 19.1. The number of halogens is 2. The van der Waals surface area contributed by atoms with E-state index in [4.69, 9.17) is 0 Å². The molecule has 4 aromatic heterocycles. The lowest BCUT2D eigenvalue weighted by atomic mass is 9.97. The van der Waals surface area contributed by atoms with Crippen LogP contribution in [0.4, 0.5) is 26.4 Å². The van der Waals surface area contributed by atoms with Crippen molar-refractivity contribution in [1.82, 2.24) is 29.7 Å². The van der Waals surface area contributed by atoms with Crippen LogP contribution in [0.3, 0.4) is 0 Å². The zero-order valence-corrected chi connectivity index (χ0v) is 19.1. The first-order chi connectivity index (χ1) is 16.5. The number of aromatic nitrogens is 6. The first kappa shape index (κ1) is 22.1. The molecule has 1 aliphatic heterocycles. The molecule has 176 valence electrons. The summed E-state index contributed by atoms with van der Waals surface area (Å²) in [6.07, 6.45) is 11.5. The molecule has 1 aliphatic rings. The highest BCUT2D eigenvalue weighted by Gasteiger charge is 2.17. The standard InChI is InChI=1S/C24H26F2N8/c1-15(2)18-12-29-22(16-11-30-34(14-16)23(25)26)19-13-28-21(10-17(18)19)31-20-6-7-27-24(32-20)33-8-4-3-5-9-33/h6-7,10-15,23H,3-5,8-9H2,1-2H3,(H,27,28,31,32). The summed E-state index contributed by atoms with van der Waals surface area (Å²) in [5.74, 6) is 2.24.